The Balaban J connectivity index is 1.29. The van der Waals surface area contributed by atoms with E-state index in [1.807, 2.05) is 30.5 Å². The third kappa shape index (κ3) is 4.69. The van der Waals surface area contributed by atoms with Crippen LogP contribution >= 0.6 is 0 Å². The van der Waals surface area contributed by atoms with Crippen LogP contribution in [-0.4, -0.2) is 78.4 Å². The van der Waals surface area contributed by atoms with E-state index in [1.54, 1.807) is 6.07 Å². The predicted molar refractivity (Wildman–Crippen MR) is 111 cm³/mol. The van der Waals surface area contributed by atoms with Crippen LogP contribution in [0.1, 0.15) is 12.0 Å². The number of anilines is 1. The molecule has 2 atom stereocenters. The number of piperidine rings is 1. The number of aliphatic hydroxyl groups excluding tert-OH is 1. The molecule has 0 bridgehead atoms. The van der Waals surface area contributed by atoms with Gasteiger partial charge >= 0.3 is 0 Å². The number of β-amino-alcohol motifs (C(OH)–C–C–N with tert-alkyl or cyclic N) is 1. The first-order valence-electron chi connectivity index (χ1n) is 10.3. The molecule has 2 fully saturated rings. The van der Waals surface area contributed by atoms with Crippen molar-refractivity contribution in [3.8, 4) is 5.75 Å². The molecule has 2 aromatic rings. The number of hydrogen-bond donors (Lipinski definition) is 1. The van der Waals surface area contributed by atoms with Crippen LogP contribution in [0.5, 0.6) is 5.75 Å². The molecular weight excluding hydrogens is 371 g/mol. The van der Waals surface area contributed by atoms with Gasteiger partial charge in [0.15, 0.2) is 11.6 Å². The number of benzene rings is 1. The molecule has 1 aromatic heterocycles. The highest BCUT2D eigenvalue weighted by molar-refractivity contribution is 5.38. The smallest absolute Gasteiger partial charge is 0.165 e. The molecule has 4 rings (SSSR count). The van der Waals surface area contributed by atoms with E-state index >= 15 is 0 Å². The van der Waals surface area contributed by atoms with Gasteiger partial charge in [0, 0.05) is 58.1 Å². The molecule has 3 heterocycles. The van der Waals surface area contributed by atoms with Crippen molar-refractivity contribution in [2.24, 2.45) is 0 Å². The largest absolute Gasteiger partial charge is 0.494 e. The molecule has 0 radical (unpaired) electrons. The topological polar surface area (TPSA) is 52.1 Å². The molecule has 0 aliphatic carbocycles. The fourth-order valence-electron chi connectivity index (χ4n) is 4.44. The Hall–Kier alpha value is -2.22. The summed E-state index contributed by atoms with van der Waals surface area (Å²) < 4.78 is 18.9. The lowest BCUT2D eigenvalue weighted by molar-refractivity contribution is -0.0172. The molecule has 0 saturated carbocycles. The Morgan fingerprint density at radius 1 is 1.14 bits per heavy atom. The Bertz CT molecular complexity index is 799. The molecule has 29 heavy (non-hydrogen) atoms. The number of rotatable bonds is 5. The standard InChI is InChI=1S/C22H29FN4O2/c1-29-21-6-5-17(14-18(21)23)15-25-9-7-19(20(28)16-25)26-10-12-27(13-11-26)22-4-2-3-8-24-22/h2-6,8,14,19-20,28H,7,9-13,15-16H2,1H3/t19-,20-/m1/s1. The van der Waals surface area contributed by atoms with Crippen molar-refractivity contribution < 1.29 is 14.2 Å². The lowest BCUT2D eigenvalue weighted by atomic mass is 9.98. The van der Waals surface area contributed by atoms with Crippen LogP contribution < -0.4 is 9.64 Å². The van der Waals surface area contributed by atoms with Crippen molar-refractivity contribution in [2.45, 2.75) is 25.1 Å². The molecule has 2 saturated heterocycles. The Kier molecular flexibility index (Phi) is 6.28. The molecule has 0 unspecified atom stereocenters. The number of pyridine rings is 1. The maximum atomic E-state index is 13.9. The number of methoxy groups -OCH3 is 1. The zero-order chi connectivity index (χ0) is 20.2. The van der Waals surface area contributed by atoms with Gasteiger partial charge < -0.3 is 14.7 Å². The Labute approximate surface area is 171 Å². The summed E-state index contributed by atoms with van der Waals surface area (Å²) in [6.45, 7) is 5.86. The van der Waals surface area contributed by atoms with Crippen LogP contribution in [0.3, 0.4) is 0 Å². The van der Waals surface area contributed by atoms with Crippen molar-refractivity contribution in [3.05, 3.63) is 54.0 Å². The maximum Gasteiger partial charge on any atom is 0.165 e. The van der Waals surface area contributed by atoms with Crippen molar-refractivity contribution in [2.75, 3.05) is 51.3 Å². The molecule has 1 aromatic carbocycles. The number of likely N-dealkylation sites (tertiary alicyclic amines) is 1. The highest BCUT2D eigenvalue weighted by Gasteiger charge is 2.33. The summed E-state index contributed by atoms with van der Waals surface area (Å²) in [5.74, 6) is 0.942. The molecule has 156 valence electrons. The van der Waals surface area contributed by atoms with Crippen LogP contribution in [0.4, 0.5) is 10.2 Å². The summed E-state index contributed by atoms with van der Waals surface area (Å²) >= 11 is 0. The summed E-state index contributed by atoms with van der Waals surface area (Å²) in [7, 11) is 1.47. The van der Waals surface area contributed by atoms with E-state index in [0.717, 1.165) is 50.5 Å². The van der Waals surface area contributed by atoms with E-state index in [1.165, 1.54) is 13.2 Å². The Morgan fingerprint density at radius 2 is 1.97 bits per heavy atom. The van der Waals surface area contributed by atoms with Gasteiger partial charge in [-0.1, -0.05) is 12.1 Å². The van der Waals surface area contributed by atoms with Crippen LogP contribution in [0.15, 0.2) is 42.6 Å². The number of nitrogens with zero attached hydrogens (tertiary/aromatic N) is 4. The summed E-state index contributed by atoms with van der Waals surface area (Å²) in [5.41, 5.74) is 0.901. The van der Waals surface area contributed by atoms with Gasteiger partial charge in [-0.2, -0.15) is 0 Å². The number of piperazine rings is 1. The summed E-state index contributed by atoms with van der Waals surface area (Å²) in [6, 6.07) is 11.3. The van der Waals surface area contributed by atoms with Crippen molar-refractivity contribution in [1.29, 1.82) is 0 Å². The van der Waals surface area contributed by atoms with E-state index < -0.39 is 6.10 Å². The fourth-order valence-corrected chi connectivity index (χ4v) is 4.44. The Morgan fingerprint density at radius 3 is 2.62 bits per heavy atom. The number of aromatic nitrogens is 1. The molecule has 0 amide bonds. The highest BCUT2D eigenvalue weighted by Crippen LogP contribution is 2.23. The first kappa shape index (κ1) is 20.1. The zero-order valence-electron chi connectivity index (χ0n) is 16.9. The minimum atomic E-state index is -0.395. The molecule has 2 aliphatic rings. The van der Waals surface area contributed by atoms with Crippen LogP contribution in [0.25, 0.3) is 0 Å². The van der Waals surface area contributed by atoms with Gasteiger partial charge in [0.05, 0.1) is 13.2 Å². The third-order valence-electron chi connectivity index (χ3n) is 6.01. The van der Waals surface area contributed by atoms with Gasteiger partial charge in [-0.25, -0.2) is 9.37 Å². The summed E-state index contributed by atoms with van der Waals surface area (Å²) in [4.78, 5) is 11.4. The van der Waals surface area contributed by atoms with Gasteiger partial charge in [-0.15, -0.1) is 0 Å². The van der Waals surface area contributed by atoms with E-state index in [0.29, 0.717) is 13.1 Å². The van der Waals surface area contributed by atoms with Gasteiger partial charge in [0.2, 0.25) is 0 Å². The number of hydrogen-bond acceptors (Lipinski definition) is 6. The SMILES string of the molecule is COc1ccc(CN2CC[C@@H](N3CCN(c4ccccn4)CC3)[C@H](O)C2)cc1F. The molecule has 0 spiro atoms. The monoisotopic (exact) mass is 400 g/mol. The van der Waals surface area contributed by atoms with Crippen LogP contribution in [0.2, 0.25) is 0 Å². The van der Waals surface area contributed by atoms with Crippen LogP contribution in [-0.2, 0) is 6.54 Å². The van der Waals surface area contributed by atoms with Crippen molar-refractivity contribution in [3.63, 3.8) is 0 Å². The fraction of sp³-hybridized carbons (Fsp3) is 0.500. The van der Waals surface area contributed by atoms with Gasteiger partial charge in [-0.05, 0) is 36.2 Å². The molecule has 1 N–H and O–H groups in total. The lowest BCUT2D eigenvalue weighted by Crippen LogP contribution is -2.58. The van der Waals surface area contributed by atoms with Gasteiger partial charge in [0.1, 0.15) is 5.82 Å². The molecular formula is C22H29FN4O2. The second-order valence-corrected chi connectivity index (χ2v) is 7.84. The van der Waals surface area contributed by atoms with E-state index in [9.17, 15) is 9.50 Å². The number of ether oxygens (including phenoxy) is 1. The highest BCUT2D eigenvalue weighted by atomic mass is 19.1. The van der Waals surface area contributed by atoms with Crippen molar-refractivity contribution in [1.82, 2.24) is 14.8 Å². The first-order chi connectivity index (χ1) is 14.1. The first-order valence-corrected chi connectivity index (χ1v) is 10.3. The number of aliphatic hydroxyl groups is 1. The second-order valence-electron chi connectivity index (χ2n) is 7.84. The maximum absolute atomic E-state index is 13.9. The van der Waals surface area contributed by atoms with Gasteiger partial charge in [-0.3, -0.25) is 9.80 Å². The van der Waals surface area contributed by atoms with E-state index in [2.05, 4.69) is 19.7 Å². The molecule has 2 aliphatic heterocycles. The second kappa shape index (κ2) is 9.07. The summed E-state index contributed by atoms with van der Waals surface area (Å²) in [5, 5.41) is 10.8. The minimum Gasteiger partial charge on any atom is -0.494 e. The normalized spacial score (nSPS) is 23.9. The van der Waals surface area contributed by atoms with Gasteiger partial charge in [0.25, 0.3) is 0 Å². The zero-order valence-corrected chi connectivity index (χ0v) is 16.9. The number of halogens is 1. The molecule has 7 heteroatoms. The quantitative estimate of drug-likeness (QED) is 0.829. The summed E-state index contributed by atoms with van der Waals surface area (Å²) in [6.07, 6.45) is 2.35. The lowest BCUT2D eigenvalue weighted by Gasteiger charge is -2.45. The predicted octanol–water partition coefficient (Wildman–Crippen LogP) is 1.99. The average molecular weight is 400 g/mol. The third-order valence-corrected chi connectivity index (χ3v) is 6.01. The van der Waals surface area contributed by atoms with Crippen LogP contribution in [0, 0.1) is 5.82 Å². The molecule has 6 nitrogen and oxygen atoms in total. The van der Waals surface area contributed by atoms with E-state index in [-0.39, 0.29) is 17.6 Å². The average Bonchev–Trinajstić information content (AvgIpc) is 2.75. The minimum absolute atomic E-state index is 0.185. The van der Waals surface area contributed by atoms with E-state index in [4.69, 9.17) is 4.74 Å². The van der Waals surface area contributed by atoms with Crippen molar-refractivity contribution >= 4 is 5.82 Å².